The normalized spacial score (nSPS) is 18.0. The van der Waals surface area contributed by atoms with Crippen LogP contribution < -0.4 is 11.1 Å². The summed E-state index contributed by atoms with van der Waals surface area (Å²) in [6, 6.07) is 7.36. The van der Waals surface area contributed by atoms with Crippen LogP contribution in [0.15, 0.2) is 30.3 Å². The predicted octanol–water partition coefficient (Wildman–Crippen LogP) is 3.06. The van der Waals surface area contributed by atoms with Gasteiger partial charge in [0.1, 0.15) is 0 Å². The Bertz CT molecular complexity index is 785. The summed E-state index contributed by atoms with van der Waals surface area (Å²) in [5.74, 6) is 0. The van der Waals surface area contributed by atoms with Gasteiger partial charge in [-0.2, -0.15) is 18.3 Å². The lowest BCUT2D eigenvalue weighted by Gasteiger charge is -2.30. The molecule has 1 atom stereocenters. The molecule has 0 aliphatic carbocycles. The van der Waals surface area contributed by atoms with Gasteiger partial charge in [-0.15, -0.1) is 0 Å². The zero-order chi connectivity index (χ0) is 18.9. The molecule has 2 amide bonds. The highest BCUT2D eigenvalue weighted by molar-refractivity contribution is 5.89. The first-order valence-electron chi connectivity index (χ1n) is 8.27. The molecular weight excluding hydrogens is 347 g/mol. The van der Waals surface area contributed by atoms with E-state index in [-0.39, 0.29) is 12.1 Å². The quantitative estimate of drug-likeness (QED) is 0.857. The van der Waals surface area contributed by atoms with E-state index >= 15 is 0 Å². The minimum atomic E-state index is -4.49. The van der Waals surface area contributed by atoms with Crippen molar-refractivity contribution in [1.82, 2.24) is 14.7 Å². The molecule has 0 radical (unpaired) electrons. The maximum atomic E-state index is 12.8. The van der Waals surface area contributed by atoms with Crippen molar-refractivity contribution in [1.29, 1.82) is 0 Å². The van der Waals surface area contributed by atoms with Crippen LogP contribution in [0.4, 0.5) is 23.7 Å². The Kier molecular flexibility index (Phi) is 4.90. The zero-order valence-corrected chi connectivity index (χ0v) is 14.3. The molecule has 1 saturated heterocycles. The number of carbonyl (C=O) groups excluding carboxylic acids is 1. The summed E-state index contributed by atoms with van der Waals surface area (Å²) in [5, 5.41) is 6.28. The molecule has 3 N–H and O–H groups in total. The van der Waals surface area contributed by atoms with E-state index in [1.165, 1.54) is 11.7 Å². The summed E-state index contributed by atoms with van der Waals surface area (Å²) in [6.07, 6.45) is -2.71. The number of amides is 2. The summed E-state index contributed by atoms with van der Waals surface area (Å²) in [6.45, 7) is 1.17. The lowest BCUT2D eigenvalue weighted by atomic mass is 10.1. The van der Waals surface area contributed by atoms with Gasteiger partial charge in [-0.1, -0.05) is 12.1 Å². The summed E-state index contributed by atoms with van der Waals surface area (Å²) in [5.41, 5.74) is 6.43. The van der Waals surface area contributed by atoms with E-state index in [9.17, 15) is 18.0 Å². The fourth-order valence-corrected chi connectivity index (χ4v) is 3.00. The van der Waals surface area contributed by atoms with Crippen molar-refractivity contribution in [3.63, 3.8) is 0 Å². The number of urea groups is 1. The maximum absolute atomic E-state index is 12.8. The number of nitrogens with two attached hydrogens (primary N) is 1. The van der Waals surface area contributed by atoms with Crippen molar-refractivity contribution in [2.75, 3.05) is 18.4 Å². The molecule has 26 heavy (non-hydrogen) atoms. The largest absolute Gasteiger partial charge is 0.435 e. The van der Waals surface area contributed by atoms with Crippen LogP contribution in [0.2, 0.25) is 0 Å². The highest BCUT2D eigenvalue weighted by Gasteiger charge is 2.34. The van der Waals surface area contributed by atoms with Crippen LogP contribution in [0.3, 0.4) is 0 Å². The van der Waals surface area contributed by atoms with E-state index in [2.05, 4.69) is 10.4 Å². The Morgan fingerprint density at radius 3 is 2.58 bits per heavy atom. The van der Waals surface area contributed by atoms with E-state index < -0.39 is 11.9 Å². The van der Waals surface area contributed by atoms with E-state index in [0.29, 0.717) is 30.0 Å². The van der Waals surface area contributed by atoms with Crippen molar-refractivity contribution in [2.24, 2.45) is 12.8 Å². The molecule has 1 aromatic heterocycles. The number of hydrogen-bond acceptors (Lipinski definition) is 3. The number of benzene rings is 1. The zero-order valence-electron chi connectivity index (χ0n) is 14.3. The van der Waals surface area contributed by atoms with Gasteiger partial charge in [0, 0.05) is 31.9 Å². The first kappa shape index (κ1) is 18.2. The smallest absolute Gasteiger partial charge is 0.326 e. The number of aryl methyl sites for hydroxylation is 1. The van der Waals surface area contributed by atoms with Crippen molar-refractivity contribution in [3.8, 4) is 11.3 Å². The molecule has 9 heteroatoms. The van der Waals surface area contributed by atoms with Gasteiger partial charge in [0.15, 0.2) is 5.69 Å². The summed E-state index contributed by atoms with van der Waals surface area (Å²) >= 11 is 0. The Hall–Kier alpha value is -2.55. The first-order chi connectivity index (χ1) is 12.2. The number of carbonyl (C=O) groups is 1. The van der Waals surface area contributed by atoms with Crippen LogP contribution in [-0.4, -0.2) is 39.8 Å². The first-order valence-corrected chi connectivity index (χ1v) is 8.27. The molecule has 0 bridgehead atoms. The van der Waals surface area contributed by atoms with Crippen molar-refractivity contribution >= 4 is 11.7 Å². The molecule has 0 unspecified atom stereocenters. The number of anilines is 1. The SMILES string of the molecule is Cn1nc(C(F)(F)F)cc1-c1ccc(NC(=O)N2CCC[C@@H](N)C2)cc1. The minimum absolute atomic E-state index is 0.00968. The van der Waals surface area contributed by atoms with Gasteiger partial charge in [-0.3, -0.25) is 4.68 Å². The molecule has 0 spiro atoms. The van der Waals surface area contributed by atoms with E-state index in [0.717, 1.165) is 18.9 Å². The molecule has 1 fully saturated rings. The lowest BCUT2D eigenvalue weighted by molar-refractivity contribution is -0.141. The number of likely N-dealkylation sites (tertiary alicyclic amines) is 1. The Labute approximate surface area is 148 Å². The number of hydrogen-bond donors (Lipinski definition) is 2. The van der Waals surface area contributed by atoms with Gasteiger partial charge in [0.25, 0.3) is 0 Å². The van der Waals surface area contributed by atoms with E-state index in [1.807, 2.05) is 0 Å². The minimum Gasteiger partial charge on any atom is -0.326 e. The second-order valence-electron chi connectivity index (χ2n) is 6.39. The molecule has 140 valence electrons. The number of nitrogens with one attached hydrogen (secondary N) is 1. The summed E-state index contributed by atoms with van der Waals surface area (Å²) in [7, 11) is 1.46. The fourth-order valence-electron chi connectivity index (χ4n) is 3.00. The number of piperidine rings is 1. The summed E-state index contributed by atoms with van der Waals surface area (Å²) in [4.78, 5) is 13.9. The van der Waals surface area contributed by atoms with Crippen LogP contribution in [0.25, 0.3) is 11.3 Å². The maximum Gasteiger partial charge on any atom is 0.435 e. The average Bonchev–Trinajstić information content (AvgIpc) is 2.98. The third-order valence-corrected chi connectivity index (χ3v) is 4.35. The molecular formula is C17H20F3N5O. The van der Waals surface area contributed by atoms with Gasteiger partial charge in [-0.05, 0) is 36.6 Å². The predicted molar refractivity (Wildman–Crippen MR) is 91.4 cm³/mol. The molecule has 0 saturated carbocycles. The summed E-state index contributed by atoms with van der Waals surface area (Å²) < 4.78 is 39.5. The van der Waals surface area contributed by atoms with Crippen LogP contribution >= 0.6 is 0 Å². The van der Waals surface area contributed by atoms with Crippen LogP contribution in [-0.2, 0) is 13.2 Å². The number of aromatic nitrogens is 2. The van der Waals surface area contributed by atoms with Crippen molar-refractivity contribution in [2.45, 2.75) is 25.1 Å². The Morgan fingerprint density at radius 1 is 1.31 bits per heavy atom. The van der Waals surface area contributed by atoms with E-state index in [1.54, 1.807) is 29.2 Å². The van der Waals surface area contributed by atoms with Crippen LogP contribution in [0.1, 0.15) is 18.5 Å². The van der Waals surface area contributed by atoms with Crippen LogP contribution in [0, 0.1) is 0 Å². The molecule has 6 nitrogen and oxygen atoms in total. The van der Waals surface area contributed by atoms with E-state index in [4.69, 9.17) is 5.73 Å². The number of nitrogens with zero attached hydrogens (tertiary/aromatic N) is 3. The Balaban J connectivity index is 1.71. The number of alkyl halides is 3. The third-order valence-electron chi connectivity index (χ3n) is 4.35. The molecule has 3 rings (SSSR count). The number of halogens is 3. The van der Waals surface area contributed by atoms with Gasteiger partial charge >= 0.3 is 12.2 Å². The number of rotatable bonds is 2. The van der Waals surface area contributed by atoms with Crippen LogP contribution in [0.5, 0.6) is 0 Å². The topological polar surface area (TPSA) is 76.2 Å². The van der Waals surface area contributed by atoms with Gasteiger partial charge in [0.2, 0.25) is 0 Å². The monoisotopic (exact) mass is 367 g/mol. The van der Waals surface area contributed by atoms with Crippen molar-refractivity contribution in [3.05, 3.63) is 36.0 Å². The van der Waals surface area contributed by atoms with Gasteiger partial charge in [0.05, 0.1) is 5.69 Å². The lowest BCUT2D eigenvalue weighted by Crippen LogP contribution is -2.47. The van der Waals surface area contributed by atoms with Crippen molar-refractivity contribution < 1.29 is 18.0 Å². The highest BCUT2D eigenvalue weighted by Crippen LogP contribution is 2.31. The molecule has 1 aromatic carbocycles. The molecule has 2 heterocycles. The second kappa shape index (κ2) is 6.99. The fraction of sp³-hybridized carbons (Fsp3) is 0.412. The average molecular weight is 367 g/mol. The molecule has 1 aliphatic rings. The Morgan fingerprint density at radius 2 is 2.00 bits per heavy atom. The molecule has 1 aliphatic heterocycles. The third kappa shape index (κ3) is 3.98. The highest BCUT2D eigenvalue weighted by atomic mass is 19.4. The standard InChI is InChI=1S/C17H20F3N5O/c1-24-14(9-15(23-24)17(18,19)20)11-4-6-13(7-5-11)22-16(26)25-8-2-3-12(21)10-25/h4-7,9,12H,2-3,8,10,21H2,1H3,(H,22,26)/t12-/m1/s1. The second-order valence-corrected chi connectivity index (χ2v) is 6.39. The molecule has 2 aromatic rings. The van der Waals surface area contributed by atoms with Gasteiger partial charge < -0.3 is 16.0 Å². The van der Waals surface area contributed by atoms with Gasteiger partial charge in [-0.25, -0.2) is 4.79 Å².